The van der Waals surface area contributed by atoms with E-state index in [0.29, 0.717) is 6.61 Å². The van der Waals surface area contributed by atoms with Crippen LogP contribution in [0.5, 0.6) is 0 Å². The first-order valence-electron chi connectivity index (χ1n) is 5.79. The molecule has 0 spiro atoms. The number of hydrogen-bond donors (Lipinski definition) is 1. The van der Waals surface area contributed by atoms with Gasteiger partial charge in [-0.1, -0.05) is 30.3 Å². The molecule has 0 aliphatic carbocycles. The quantitative estimate of drug-likeness (QED) is 0.844. The molecule has 1 saturated heterocycles. The standard InChI is InChI=1S/C13H17NO2.ClH/c1-2-16-13(15)12-9-8-11(14-12)10-6-4-3-5-7-10;/h3-7,11-12,14H,2,8-9H2,1H3;1H. The number of carbonyl (C=O) groups is 1. The van der Waals surface area contributed by atoms with Gasteiger partial charge in [0.2, 0.25) is 0 Å². The maximum atomic E-state index is 11.5. The minimum atomic E-state index is -0.134. The molecule has 4 heteroatoms. The summed E-state index contributed by atoms with van der Waals surface area (Å²) < 4.78 is 5.01. The van der Waals surface area contributed by atoms with Gasteiger partial charge in [0.15, 0.2) is 0 Å². The van der Waals surface area contributed by atoms with E-state index < -0.39 is 0 Å². The third-order valence-corrected chi connectivity index (χ3v) is 2.92. The number of carbonyl (C=O) groups excluding carboxylic acids is 1. The summed E-state index contributed by atoms with van der Waals surface area (Å²) in [6.07, 6.45) is 1.85. The highest BCUT2D eigenvalue weighted by Gasteiger charge is 2.30. The van der Waals surface area contributed by atoms with Gasteiger partial charge >= 0.3 is 5.97 Å². The largest absolute Gasteiger partial charge is 0.465 e. The lowest BCUT2D eigenvalue weighted by Gasteiger charge is -2.13. The number of benzene rings is 1. The van der Waals surface area contributed by atoms with Gasteiger partial charge < -0.3 is 4.74 Å². The molecular weight excluding hydrogens is 238 g/mol. The Kier molecular flexibility index (Phi) is 5.45. The van der Waals surface area contributed by atoms with E-state index in [1.54, 1.807) is 0 Å². The number of esters is 1. The summed E-state index contributed by atoms with van der Waals surface area (Å²) >= 11 is 0. The molecule has 0 saturated carbocycles. The number of ether oxygens (including phenoxy) is 1. The zero-order chi connectivity index (χ0) is 11.4. The van der Waals surface area contributed by atoms with E-state index >= 15 is 0 Å². The van der Waals surface area contributed by atoms with Gasteiger partial charge in [-0.05, 0) is 25.3 Å². The molecule has 0 aromatic heterocycles. The van der Waals surface area contributed by atoms with Gasteiger partial charge in [-0.15, -0.1) is 12.4 Å². The number of hydrogen-bond acceptors (Lipinski definition) is 3. The normalized spacial score (nSPS) is 22.9. The highest BCUT2D eigenvalue weighted by Crippen LogP contribution is 2.26. The molecule has 3 nitrogen and oxygen atoms in total. The summed E-state index contributed by atoms with van der Waals surface area (Å²) in [7, 11) is 0. The molecule has 1 fully saturated rings. The summed E-state index contributed by atoms with van der Waals surface area (Å²) in [5, 5.41) is 3.32. The Morgan fingerprint density at radius 2 is 2.06 bits per heavy atom. The molecule has 2 rings (SSSR count). The molecule has 2 atom stereocenters. The minimum absolute atomic E-state index is 0. The van der Waals surface area contributed by atoms with Crippen molar-refractivity contribution in [3.63, 3.8) is 0 Å². The van der Waals surface area contributed by atoms with Crippen LogP contribution in [-0.4, -0.2) is 18.6 Å². The summed E-state index contributed by atoms with van der Waals surface area (Å²) in [6, 6.07) is 10.4. The molecule has 94 valence electrons. The maximum Gasteiger partial charge on any atom is 0.323 e. The Balaban J connectivity index is 0.00000144. The molecule has 17 heavy (non-hydrogen) atoms. The zero-order valence-corrected chi connectivity index (χ0v) is 10.7. The van der Waals surface area contributed by atoms with Crippen LogP contribution in [0.3, 0.4) is 0 Å². The Bertz CT molecular complexity index is 356. The van der Waals surface area contributed by atoms with Crippen molar-refractivity contribution in [3.8, 4) is 0 Å². The smallest absolute Gasteiger partial charge is 0.323 e. The third kappa shape index (κ3) is 3.45. The molecule has 1 aliphatic rings. The summed E-state index contributed by atoms with van der Waals surface area (Å²) in [5.41, 5.74) is 1.24. The Morgan fingerprint density at radius 3 is 2.71 bits per heavy atom. The summed E-state index contributed by atoms with van der Waals surface area (Å²) in [4.78, 5) is 11.5. The van der Waals surface area contributed by atoms with Crippen LogP contribution in [-0.2, 0) is 9.53 Å². The predicted octanol–water partition coefficient (Wildman–Crippen LogP) is 2.46. The van der Waals surface area contributed by atoms with Gasteiger partial charge in [0.25, 0.3) is 0 Å². The Hall–Kier alpha value is -1.06. The first-order chi connectivity index (χ1) is 7.81. The van der Waals surface area contributed by atoms with Gasteiger partial charge in [-0.2, -0.15) is 0 Å². The van der Waals surface area contributed by atoms with Crippen molar-refractivity contribution in [2.75, 3.05) is 6.61 Å². The lowest BCUT2D eigenvalue weighted by Crippen LogP contribution is -2.33. The van der Waals surface area contributed by atoms with Crippen molar-refractivity contribution in [2.24, 2.45) is 0 Å². The van der Waals surface area contributed by atoms with Gasteiger partial charge in [0.1, 0.15) is 6.04 Å². The molecule has 1 heterocycles. The number of halogens is 1. The molecule has 1 aromatic carbocycles. The molecule has 0 radical (unpaired) electrons. The van der Waals surface area contributed by atoms with Crippen molar-refractivity contribution < 1.29 is 9.53 Å². The Morgan fingerprint density at radius 1 is 1.35 bits per heavy atom. The topological polar surface area (TPSA) is 38.3 Å². The zero-order valence-electron chi connectivity index (χ0n) is 9.89. The van der Waals surface area contributed by atoms with E-state index in [0.717, 1.165) is 12.8 Å². The van der Waals surface area contributed by atoms with Crippen LogP contribution >= 0.6 is 12.4 Å². The fourth-order valence-corrected chi connectivity index (χ4v) is 2.12. The first-order valence-corrected chi connectivity index (χ1v) is 5.79. The molecule has 1 aromatic rings. The fourth-order valence-electron chi connectivity index (χ4n) is 2.12. The maximum absolute atomic E-state index is 11.5. The highest BCUT2D eigenvalue weighted by atomic mass is 35.5. The van der Waals surface area contributed by atoms with E-state index in [1.165, 1.54) is 5.56 Å². The SMILES string of the molecule is CCOC(=O)C1CCC(c2ccccc2)N1.Cl. The minimum Gasteiger partial charge on any atom is -0.465 e. The third-order valence-electron chi connectivity index (χ3n) is 2.92. The van der Waals surface area contributed by atoms with Crippen LogP contribution in [0.1, 0.15) is 31.4 Å². The predicted molar refractivity (Wildman–Crippen MR) is 69.2 cm³/mol. The molecule has 1 N–H and O–H groups in total. The van der Waals surface area contributed by atoms with Crippen LogP contribution < -0.4 is 5.32 Å². The monoisotopic (exact) mass is 255 g/mol. The van der Waals surface area contributed by atoms with E-state index in [2.05, 4.69) is 17.4 Å². The van der Waals surface area contributed by atoms with Crippen LogP contribution in [0, 0.1) is 0 Å². The molecule has 0 bridgehead atoms. The average Bonchev–Trinajstić information content (AvgIpc) is 2.80. The van der Waals surface area contributed by atoms with E-state index in [-0.39, 0.29) is 30.5 Å². The van der Waals surface area contributed by atoms with Crippen LogP contribution in [0.25, 0.3) is 0 Å². The van der Waals surface area contributed by atoms with Crippen molar-refractivity contribution in [1.29, 1.82) is 0 Å². The fraction of sp³-hybridized carbons (Fsp3) is 0.462. The van der Waals surface area contributed by atoms with Crippen molar-refractivity contribution >= 4 is 18.4 Å². The van der Waals surface area contributed by atoms with Crippen LogP contribution in [0.15, 0.2) is 30.3 Å². The van der Waals surface area contributed by atoms with E-state index in [1.807, 2.05) is 25.1 Å². The van der Waals surface area contributed by atoms with Crippen molar-refractivity contribution in [2.45, 2.75) is 31.8 Å². The second kappa shape index (κ2) is 6.62. The Labute approximate surface area is 108 Å². The average molecular weight is 256 g/mol. The lowest BCUT2D eigenvalue weighted by atomic mass is 10.1. The van der Waals surface area contributed by atoms with Crippen molar-refractivity contribution in [1.82, 2.24) is 5.32 Å². The second-order valence-electron chi connectivity index (χ2n) is 4.01. The summed E-state index contributed by atoms with van der Waals surface area (Å²) in [5.74, 6) is -0.124. The number of rotatable bonds is 3. The lowest BCUT2D eigenvalue weighted by molar-refractivity contribution is -0.145. The number of nitrogens with one attached hydrogen (secondary N) is 1. The van der Waals surface area contributed by atoms with E-state index in [4.69, 9.17) is 4.74 Å². The van der Waals surface area contributed by atoms with Crippen LogP contribution in [0.2, 0.25) is 0 Å². The van der Waals surface area contributed by atoms with Crippen LogP contribution in [0.4, 0.5) is 0 Å². The molecule has 1 aliphatic heterocycles. The molecule has 2 unspecified atom stereocenters. The summed E-state index contributed by atoms with van der Waals surface area (Å²) in [6.45, 7) is 2.29. The van der Waals surface area contributed by atoms with Gasteiger partial charge in [-0.25, -0.2) is 0 Å². The van der Waals surface area contributed by atoms with Gasteiger partial charge in [0, 0.05) is 6.04 Å². The first kappa shape index (κ1) is 14.0. The molecule has 0 amide bonds. The molecular formula is C13H18ClNO2. The van der Waals surface area contributed by atoms with E-state index in [9.17, 15) is 4.79 Å². The second-order valence-corrected chi connectivity index (χ2v) is 4.01. The van der Waals surface area contributed by atoms with Gasteiger partial charge in [0.05, 0.1) is 6.61 Å². The highest BCUT2D eigenvalue weighted by molar-refractivity contribution is 5.85. The van der Waals surface area contributed by atoms with Gasteiger partial charge in [-0.3, -0.25) is 10.1 Å². The van der Waals surface area contributed by atoms with Crippen molar-refractivity contribution in [3.05, 3.63) is 35.9 Å².